The Bertz CT molecular complexity index is 350. The Morgan fingerprint density at radius 1 is 1.50 bits per heavy atom. The van der Waals surface area contributed by atoms with Crippen LogP contribution in [0.2, 0.25) is 0 Å². The van der Waals surface area contributed by atoms with E-state index in [2.05, 4.69) is 17.6 Å². The van der Waals surface area contributed by atoms with Crippen molar-refractivity contribution in [2.24, 2.45) is 0 Å². The van der Waals surface area contributed by atoms with Gasteiger partial charge in [-0.05, 0) is 20.8 Å². The predicted molar refractivity (Wildman–Crippen MR) is 57.8 cm³/mol. The molecule has 0 radical (unpaired) electrons. The number of ether oxygens (including phenoxy) is 2. The Morgan fingerprint density at radius 3 is 2.64 bits per heavy atom. The van der Waals surface area contributed by atoms with E-state index in [1.165, 1.54) is 11.3 Å². The van der Waals surface area contributed by atoms with Gasteiger partial charge in [-0.2, -0.15) is 0 Å². The fraction of sp³-hybridized carbons (Fsp3) is 0.667. The number of thiazole rings is 1. The molecule has 1 aromatic heterocycles. The molecule has 0 unspecified atom stereocenters. The van der Waals surface area contributed by atoms with Crippen molar-refractivity contribution in [1.82, 2.24) is 4.98 Å². The summed E-state index contributed by atoms with van der Waals surface area (Å²) in [4.78, 5) is 5.16. The van der Waals surface area contributed by atoms with Crippen LogP contribution in [0.1, 0.15) is 25.6 Å². The highest BCUT2D eigenvalue weighted by atomic mass is 32.2. The van der Waals surface area contributed by atoms with Crippen LogP contribution < -0.4 is 0 Å². The van der Waals surface area contributed by atoms with Crippen LogP contribution in [0.4, 0.5) is 0 Å². The summed E-state index contributed by atoms with van der Waals surface area (Å²) in [6.07, 6.45) is 1.80. The van der Waals surface area contributed by atoms with E-state index in [-0.39, 0.29) is 5.60 Å². The molecule has 2 heterocycles. The van der Waals surface area contributed by atoms with Gasteiger partial charge in [-0.15, -0.1) is 24.0 Å². The SMILES string of the molecule is CC1(C)OC[C@@](C)(c2cnc(S)s2)O1. The maximum Gasteiger partial charge on any atom is 0.164 e. The second kappa shape index (κ2) is 3.20. The van der Waals surface area contributed by atoms with E-state index in [0.717, 1.165) is 9.22 Å². The van der Waals surface area contributed by atoms with E-state index in [4.69, 9.17) is 9.47 Å². The van der Waals surface area contributed by atoms with Crippen LogP contribution in [0.25, 0.3) is 0 Å². The highest BCUT2D eigenvalue weighted by Gasteiger charge is 2.44. The average Bonchev–Trinajstić information content (AvgIpc) is 2.57. The van der Waals surface area contributed by atoms with Crippen molar-refractivity contribution < 1.29 is 9.47 Å². The molecule has 1 fully saturated rings. The molecule has 1 atom stereocenters. The van der Waals surface area contributed by atoms with Gasteiger partial charge < -0.3 is 9.47 Å². The largest absolute Gasteiger partial charge is 0.347 e. The second-order valence-corrected chi connectivity index (χ2v) is 5.79. The molecule has 2 rings (SSSR count). The number of hydrogen-bond acceptors (Lipinski definition) is 5. The van der Waals surface area contributed by atoms with Crippen LogP contribution in [0, 0.1) is 0 Å². The molecule has 1 aromatic rings. The van der Waals surface area contributed by atoms with Crippen LogP contribution in [-0.2, 0) is 15.1 Å². The molecule has 0 N–H and O–H groups in total. The van der Waals surface area contributed by atoms with E-state index in [0.29, 0.717) is 6.61 Å². The zero-order valence-corrected chi connectivity index (χ0v) is 10.1. The summed E-state index contributed by atoms with van der Waals surface area (Å²) in [6, 6.07) is 0. The molecule has 0 aromatic carbocycles. The summed E-state index contributed by atoms with van der Waals surface area (Å²) in [6.45, 7) is 6.42. The first-order chi connectivity index (χ1) is 6.41. The van der Waals surface area contributed by atoms with Crippen molar-refractivity contribution in [3.63, 3.8) is 0 Å². The lowest BCUT2D eigenvalue weighted by molar-refractivity contribution is -0.158. The van der Waals surface area contributed by atoms with Gasteiger partial charge in [0.25, 0.3) is 0 Å². The second-order valence-electron chi connectivity index (χ2n) is 4.03. The molecule has 5 heteroatoms. The standard InChI is InChI=1S/C9H13NO2S2/c1-8(2)11-5-9(3,12-8)6-4-10-7(13)14-6/h4H,5H2,1-3H3,(H,10,13)/t9-/m0/s1. The van der Waals surface area contributed by atoms with Crippen molar-refractivity contribution in [2.45, 2.75) is 36.5 Å². The van der Waals surface area contributed by atoms with Gasteiger partial charge in [0.05, 0.1) is 11.5 Å². The van der Waals surface area contributed by atoms with Gasteiger partial charge in [-0.3, -0.25) is 0 Å². The molecular formula is C9H13NO2S2. The first kappa shape index (κ1) is 10.4. The zero-order chi connectivity index (χ0) is 10.4. The Labute approximate surface area is 92.9 Å². The minimum Gasteiger partial charge on any atom is -0.347 e. The van der Waals surface area contributed by atoms with Gasteiger partial charge in [0, 0.05) is 6.20 Å². The molecule has 1 aliphatic rings. The maximum atomic E-state index is 5.85. The molecule has 1 saturated heterocycles. The summed E-state index contributed by atoms with van der Waals surface area (Å²) < 4.78 is 12.2. The van der Waals surface area contributed by atoms with Crippen molar-refractivity contribution in [3.05, 3.63) is 11.1 Å². The van der Waals surface area contributed by atoms with Gasteiger partial charge in [-0.25, -0.2) is 4.98 Å². The molecule has 3 nitrogen and oxygen atoms in total. The van der Waals surface area contributed by atoms with Crippen LogP contribution in [0.15, 0.2) is 10.5 Å². The lowest BCUT2D eigenvalue weighted by Crippen LogP contribution is -2.27. The smallest absolute Gasteiger partial charge is 0.164 e. The number of rotatable bonds is 1. The van der Waals surface area contributed by atoms with E-state index < -0.39 is 5.79 Å². The minimum atomic E-state index is -0.504. The van der Waals surface area contributed by atoms with Crippen molar-refractivity contribution in [2.75, 3.05) is 6.61 Å². The Hall–Kier alpha value is -0.100. The molecule has 1 aliphatic heterocycles. The van der Waals surface area contributed by atoms with Gasteiger partial charge in [0.15, 0.2) is 5.79 Å². The van der Waals surface area contributed by atoms with Gasteiger partial charge in [-0.1, -0.05) is 0 Å². The van der Waals surface area contributed by atoms with Gasteiger partial charge in [0.1, 0.15) is 9.94 Å². The Balaban J connectivity index is 2.27. The Morgan fingerprint density at radius 2 is 2.21 bits per heavy atom. The third-order valence-corrected chi connectivity index (χ3v) is 3.62. The highest BCUT2D eigenvalue weighted by molar-refractivity contribution is 7.82. The molecule has 78 valence electrons. The fourth-order valence-electron chi connectivity index (χ4n) is 1.54. The number of hydrogen-bond donors (Lipinski definition) is 1. The molecule has 0 saturated carbocycles. The zero-order valence-electron chi connectivity index (χ0n) is 8.40. The molecule has 14 heavy (non-hydrogen) atoms. The van der Waals surface area contributed by atoms with Gasteiger partial charge in [0.2, 0.25) is 0 Å². The van der Waals surface area contributed by atoms with Crippen LogP contribution in [0.3, 0.4) is 0 Å². The average molecular weight is 231 g/mol. The Kier molecular flexibility index (Phi) is 2.38. The number of aromatic nitrogens is 1. The summed E-state index contributed by atoms with van der Waals surface area (Å²) in [5, 5.41) is 0. The number of nitrogens with zero attached hydrogens (tertiary/aromatic N) is 1. The normalized spacial score (nSPS) is 30.9. The highest BCUT2D eigenvalue weighted by Crippen LogP contribution is 2.40. The van der Waals surface area contributed by atoms with Crippen LogP contribution >= 0.6 is 24.0 Å². The van der Waals surface area contributed by atoms with E-state index in [9.17, 15) is 0 Å². The minimum absolute atomic E-state index is 0.373. The van der Waals surface area contributed by atoms with Crippen molar-refractivity contribution in [1.29, 1.82) is 0 Å². The summed E-state index contributed by atoms with van der Waals surface area (Å²) >= 11 is 5.72. The van der Waals surface area contributed by atoms with E-state index >= 15 is 0 Å². The summed E-state index contributed by atoms with van der Waals surface area (Å²) in [5.74, 6) is -0.504. The van der Waals surface area contributed by atoms with Crippen LogP contribution in [-0.4, -0.2) is 17.4 Å². The van der Waals surface area contributed by atoms with Gasteiger partial charge >= 0.3 is 0 Å². The third kappa shape index (κ3) is 1.82. The lowest BCUT2D eigenvalue weighted by Gasteiger charge is -2.23. The van der Waals surface area contributed by atoms with Crippen molar-refractivity contribution in [3.8, 4) is 0 Å². The van der Waals surface area contributed by atoms with Crippen LogP contribution in [0.5, 0.6) is 0 Å². The fourth-order valence-corrected chi connectivity index (χ4v) is 2.62. The van der Waals surface area contributed by atoms with E-state index in [1.807, 2.05) is 20.8 Å². The first-order valence-electron chi connectivity index (χ1n) is 4.41. The maximum absolute atomic E-state index is 5.85. The molecule has 0 bridgehead atoms. The number of thiol groups is 1. The quantitative estimate of drug-likeness (QED) is 0.753. The molecule has 0 spiro atoms. The predicted octanol–water partition coefficient (Wildman–Crippen LogP) is 2.43. The summed E-state index contributed by atoms with van der Waals surface area (Å²) in [5.41, 5.74) is -0.373. The topological polar surface area (TPSA) is 31.4 Å². The lowest BCUT2D eigenvalue weighted by atomic mass is 10.1. The first-order valence-corrected chi connectivity index (χ1v) is 5.67. The monoisotopic (exact) mass is 231 g/mol. The summed E-state index contributed by atoms with van der Waals surface area (Å²) in [7, 11) is 0. The third-order valence-electron chi connectivity index (χ3n) is 2.18. The van der Waals surface area contributed by atoms with Crippen molar-refractivity contribution >= 4 is 24.0 Å². The van der Waals surface area contributed by atoms with E-state index in [1.54, 1.807) is 6.20 Å². The molecule has 0 aliphatic carbocycles. The molecular weight excluding hydrogens is 218 g/mol. The molecule has 0 amide bonds.